The van der Waals surface area contributed by atoms with E-state index in [4.69, 9.17) is 0 Å². The summed E-state index contributed by atoms with van der Waals surface area (Å²) in [6, 6.07) is 18.7. The minimum Gasteiger partial charge on any atom is -0.262 e. The standard InChI is InChI=1S/C25H36N6O3.Na/c1-25(2,3)15-16-30(27-33)24(18-22-13-9-6-10-14-22)20-31(28-34)23(19-29(4)26-32)17-21-11-7-5-8-12-21;/h5-14,23-24H,15-20H2,1-4H3;/q;+1. The van der Waals surface area contributed by atoms with Gasteiger partial charge in [-0.2, -0.15) is 0 Å². The molecule has 0 aliphatic heterocycles. The van der Waals surface area contributed by atoms with Gasteiger partial charge in [-0.3, -0.25) is 15.0 Å². The number of nitrogens with zero attached hydrogens (tertiary/aromatic N) is 6. The van der Waals surface area contributed by atoms with E-state index in [1.807, 2.05) is 60.7 Å². The number of nitroso groups, excluding NO2 is 3. The van der Waals surface area contributed by atoms with Crippen molar-refractivity contribution < 1.29 is 29.6 Å². The van der Waals surface area contributed by atoms with Gasteiger partial charge in [0.2, 0.25) is 0 Å². The summed E-state index contributed by atoms with van der Waals surface area (Å²) in [5.41, 5.74) is 2.07. The van der Waals surface area contributed by atoms with Gasteiger partial charge in [-0.15, -0.1) is 14.7 Å². The van der Waals surface area contributed by atoms with Crippen LogP contribution in [-0.4, -0.2) is 53.8 Å². The summed E-state index contributed by atoms with van der Waals surface area (Å²) >= 11 is 0. The first-order valence-corrected chi connectivity index (χ1v) is 11.6. The van der Waals surface area contributed by atoms with E-state index >= 15 is 0 Å². The van der Waals surface area contributed by atoms with Gasteiger partial charge in [0.15, 0.2) is 0 Å². The van der Waals surface area contributed by atoms with Crippen LogP contribution in [0.25, 0.3) is 0 Å². The van der Waals surface area contributed by atoms with Gasteiger partial charge in [0.1, 0.15) is 0 Å². The van der Waals surface area contributed by atoms with Crippen molar-refractivity contribution in [1.29, 1.82) is 0 Å². The Bertz CT molecular complexity index is 882. The first-order valence-electron chi connectivity index (χ1n) is 11.6. The Morgan fingerprint density at radius 2 is 1.17 bits per heavy atom. The zero-order valence-corrected chi connectivity index (χ0v) is 23.6. The van der Waals surface area contributed by atoms with Gasteiger partial charge >= 0.3 is 29.6 Å². The van der Waals surface area contributed by atoms with Crippen LogP contribution in [0.2, 0.25) is 0 Å². The molecule has 9 nitrogen and oxygen atoms in total. The fraction of sp³-hybridized carbons (Fsp3) is 0.520. The van der Waals surface area contributed by atoms with Crippen molar-refractivity contribution >= 4 is 0 Å². The zero-order valence-electron chi connectivity index (χ0n) is 21.6. The largest absolute Gasteiger partial charge is 1.00 e. The Hall–Kier alpha value is -2.36. The van der Waals surface area contributed by atoms with Crippen LogP contribution in [0.3, 0.4) is 0 Å². The molecule has 0 N–H and O–H groups in total. The maximum absolute atomic E-state index is 12.0. The molecule has 2 aromatic carbocycles. The average Bonchev–Trinajstić information content (AvgIpc) is 2.82. The Labute approximate surface area is 230 Å². The van der Waals surface area contributed by atoms with Crippen molar-refractivity contribution in [3.8, 4) is 0 Å². The Morgan fingerprint density at radius 1 is 0.714 bits per heavy atom. The van der Waals surface area contributed by atoms with Crippen molar-refractivity contribution in [1.82, 2.24) is 15.0 Å². The first-order chi connectivity index (χ1) is 16.3. The van der Waals surface area contributed by atoms with E-state index in [1.165, 1.54) is 15.0 Å². The molecular formula is C25H36N6NaO3+. The van der Waals surface area contributed by atoms with E-state index in [2.05, 4.69) is 36.6 Å². The third kappa shape index (κ3) is 11.3. The monoisotopic (exact) mass is 491 g/mol. The summed E-state index contributed by atoms with van der Waals surface area (Å²) in [5.74, 6) is 0. The van der Waals surface area contributed by atoms with Gasteiger partial charge in [0.25, 0.3) is 0 Å². The van der Waals surface area contributed by atoms with Crippen molar-refractivity contribution in [3.63, 3.8) is 0 Å². The third-order valence-electron chi connectivity index (χ3n) is 5.78. The van der Waals surface area contributed by atoms with Crippen molar-refractivity contribution in [3.05, 3.63) is 86.5 Å². The van der Waals surface area contributed by atoms with E-state index in [9.17, 15) is 14.7 Å². The molecule has 2 aromatic rings. The van der Waals surface area contributed by atoms with Crippen LogP contribution in [0.1, 0.15) is 38.3 Å². The summed E-state index contributed by atoms with van der Waals surface area (Å²) in [6.07, 6.45) is 1.80. The zero-order chi connectivity index (χ0) is 25.0. The molecule has 184 valence electrons. The molecule has 2 rings (SSSR count). The molecule has 0 heterocycles. The molecule has 0 aliphatic carbocycles. The van der Waals surface area contributed by atoms with Gasteiger partial charge in [0.05, 0.1) is 41.0 Å². The number of benzene rings is 2. The van der Waals surface area contributed by atoms with Crippen molar-refractivity contribution in [2.75, 3.05) is 26.7 Å². The number of likely N-dealkylation sites (N-methyl/N-ethyl adjacent to an activating group) is 1. The fourth-order valence-corrected chi connectivity index (χ4v) is 3.84. The van der Waals surface area contributed by atoms with Crippen LogP contribution >= 0.6 is 0 Å². The van der Waals surface area contributed by atoms with Gasteiger partial charge in [-0.25, -0.2) is 0 Å². The third-order valence-corrected chi connectivity index (χ3v) is 5.78. The van der Waals surface area contributed by atoms with Crippen LogP contribution in [0.4, 0.5) is 0 Å². The normalized spacial score (nSPS) is 12.6. The second-order valence-corrected chi connectivity index (χ2v) is 9.87. The second-order valence-electron chi connectivity index (χ2n) is 9.87. The fourth-order valence-electron chi connectivity index (χ4n) is 3.84. The van der Waals surface area contributed by atoms with E-state index < -0.39 is 6.04 Å². The molecule has 0 saturated carbocycles. The van der Waals surface area contributed by atoms with Crippen LogP contribution in [0.5, 0.6) is 0 Å². The molecule has 0 radical (unpaired) electrons. The van der Waals surface area contributed by atoms with E-state index in [0.29, 0.717) is 19.4 Å². The summed E-state index contributed by atoms with van der Waals surface area (Å²) in [4.78, 5) is 35.0. The van der Waals surface area contributed by atoms with Crippen LogP contribution in [-0.2, 0) is 12.8 Å². The molecule has 0 amide bonds. The summed E-state index contributed by atoms with van der Waals surface area (Å²) in [7, 11) is 1.57. The second kappa shape index (κ2) is 15.6. The van der Waals surface area contributed by atoms with Gasteiger partial charge in [-0.1, -0.05) is 81.4 Å². The molecule has 0 saturated heterocycles. The maximum atomic E-state index is 12.0. The van der Waals surface area contributed by atoms with E-state index in [0.717, 1.165) is 17.5 Å². The molecular weight excluding hydrogens is 455 g/mol. The molecule has 35 heavy (non-hydrogen) atoms. The van der Waals surface area contributed by atoms with Crippen LogP contribution in [0, 0.1) is 20.1 Å². The van der Waals surface area contributed by atoms with Gasteiger partial charge in [-0.05, 0) is 35.8 Å². The Kier molecular flexibility index (Phi) is 13.7. The van der Waals surface area contributed by atoms with E-state index in [-0.39, 0.29) is 54.1 Å². The Balaban J connectivity index is 0.00000612. The van der Waals surface area contributed by atoms with Gasteiger partial charge in [0, 0.05) is 13.6 Å². The summed E-state index contributed by atoms with van der Waals surface area (Å²) in [5, 5.41) is 13.8. The molecule has 0 aromatic heterocycles. The first kappa shape index (κ1) is 30.7. The molecule has 0 bridgehead atoms. The number of hydrogen-bond donors (Lipinski definition) is 0. The SMILES string of the molecule is CN(CC(Cc1ccccc1)N(CC(Cc1ccccc1)N(CCC(C)(C)C)N=O)N=O)N=O.[Na+]. The molecule has 2 atom stereocenters. The minimum atomic E-state index is -0.406. The summed E-state index contributed by atoms with van der Waals surface area (Å²) in [6.45, 7) is 7.21. The quantitative estimate of drug-likeness (QED) is 0.215. The predicted octanol–water partition coefficient (Wildman–Crippen LogP) is 2.23. The Morgan fingerprint density at radius 3 is 1.57 bits per heavy atom. The van der Waals surface area contributed by atoms with Crippen LogP contribution in [0.15, 0.2) is 76.5 Å². The van der Waals surface area contributed by atoms with E-state index in [1.54, 1.807) is 7.05 Å². The van der Waals surface area contributed by atoms with Crippen molar-refractivity contribution in [2.45, 2.75) is 52.1 Å². The summed E-state index contributed by atoms with van der Waals surface area (Å²) < 4.78 is 0. The smallest absolute Gasteiger partial charge is 0.262 e. The van der Waals surface area contributed by atoms with Gasteiger partial charge < -0.3 is 0 Å². The van der Waals surface area contributed by atoms with Crippen LogP contribution < -0.4 is 29.6 Å². The topological polar surface area (TPSA) is 98.0 Å². The number of hydrogen-bond acceptors (Lipinski definition) is 6. The average molecular weight is 492 g/mol. The maximum Gasteiger partial charge on any atom is 1.00 e. The van der Waals surface area contributed by atoms with Crippen molar-refractivity contribution in [2.24, 2.45) is 21.3 Å². The minimum absolute atomic E-state index is 0. The molecule has 10 heteroatoms. The molecule has 2 unspecified atom stereocenters. The molecule has 0 spiro atoms. The molecule has 0 fully saturated rings. The predicted molar refractivity (Wildman–Crippen MR) is 135 cm³/mol. The molecule has 0 aliphatic rings. The number of rotatable bonds is 15.